The maximum Gasteiger partial charge on any atom is 0.305 e. The fourth-order valence-electron chi connectivity index (χ4n) is 3.39. The predicted molar refractivity (Wildman–Crippen MR) is 80.8 cm³/mol. The van der Waals surface area contributed by atoms with Crippen molar-refractivity contribution < 1.29 is 9.90 Å². The molecule has 0 radical (unpaired) electrons. The summed E-state index contributed by atoms with van der Waals surface area (Å²) in [6.45, 7) is 6.19. The molecule has 3 heteroatoms. The second-order valence-corrected chi connectivity index (χ2v) is 5.87. The van der Waals surface area contributed by atoms with E-state index in [0.29, 0.717) is 0 Å². The summed E-state index contributed by atoms with van der Waals surface area (Å²) in [5, 5.41) is 9.40. The molecule has 0 aliphatic carbocycles. The van der Waals surface area contributed by atoms with E-state index < -0.39 is 5.97 Å². The summed E-state index contributed by atoms with van der Waals surface area (Å²) in [6, 6.07) is 8.39. The van der Waals surface area contributed by atoms with Crippen LogP contribution in [0.25, 0.3) is 0 Å². The summed E-state index contributed by atoms with van der Waals surface area (Å²) in [5.41, 5.74) is 2.02. The lowest BCUT2D eigenvalue weighted by atomic mass is 9.81. The molecule has 20 heavy (non-hydrogen) atoms. The average molecular weight is 275 g/mol. The van der Waals surface area contributed by atoms with Gasteiger partial charge in [-0.15, -0.1) is 0 Å². The van der Waals surface area contributed by atoms with Crippen molar-refractivity contribution in [3.8, 4) is 0 Å². The van der Waals surface area contributed by atoms with Crippen LogP contribution in [0.3, 0.4) is 0 Å². The zero-order valence-electron chi connectivity index (χ0n) is 12.6. The number of benzene rings is 1. The maximum atomic E-state index is 11.4. The number of rotatable bonds is 5. The lowest BCUT2D eigenvalue weighted by molar-refractivity contribution is -0.141. The molecule has 0 amide bonds. The van der Waals surface area contributed by atoms with Crippen LogP contribution in [-0.4, -0.2) is 29.1 Å². The number of carboxylic acids is 1. The molecular formula is C17H25NO2. The van der Waals surface area contributed by atoms with Gasteiger partial charge in [0.1, 0.15) is 0 Å². The van der Waals surface area contributed by atoms with Gasteiger partial charge >= 0.3 is 5.97 Å². The Balaban J connectivity index is 2.39. The van der Waals surface area contributed by atoms with E-state index in [4.69, 9.17) is 0 Å². The minimum absolute atomic E-state index is 0.187. The smallest absolute Gasteiger partial charge is 0.305 e. The quantitative estimate of drug-likeness (QED) is 0.893. The van der Waals surface area contributed by atoms with Crippen LogP contribution in [0, 0.1) is 6.92 Å². The Hall–Kier alpha value is -1.35. The highest BCUT2D eigenvalue weighted by Gasteiger charge is 2.39. The van der Waals surface area contributed by atoms with Crippen LogP contribution in [0.2, 0.25) is 0 Å². The summed E-state index contributed by atoms with van der Waals surface area (Å²) in [6.07, 6.45) is 4.63. The van der Waals surface area contributed by atoms with Crippen molar-refractivity contribution in [2.24, 2.45) is 0 Å². The van der Waals surface area contributed by atoms with Gasteiger partial charge < -0.3 is 5.11 Å². The van der Waals surface area contributed by atoms with Gasteiger partial charge in [0.05, 0.1) is 12.0 Å². The molecule has 1 atom stereocenters. The molecule has 1 heterocycles. The Bertz CT molecular complexity index is 449. The SMILES string of the molecule is CCC(CC(=O)O)(c1ccc(C)cc1)N1CCCCC1. The summed E-state index contributed by atoms with van der Waals surface area (Å²) in [7, 11) is 0. The number of hydrogen-bond acceptors (Lipinski definition) is 2. The van der Waals surface area contributed by atoms with Crippen molar-refractivity contribution in [1.82, 2.24) is 4.90 Å². The zero-order chi connectivity index (χ0) is 14.6. The number of likely N-dealkylation sites (tertiary alicyclic amines) is 1. The van der Waals surface area contributed by atoms with Gasteiger partial charge in [-0.1, -0.05) is 43.2 Å². The van der Waals surface area contributed by atoms with Crippen molar-refractivity contribution >= 4 is 5.97 Å². The van der Waals surface area contributed by atoms with E-state index in [9.17, 15) is 9.90 Å². The Morgan fingerprint density at radius 1 is 1.20 bits per heavy atom. The van der Waals surface area contributed by atoms with E-state index in [2.05, 4.69) is 43.0 Å². The van der Waals surface area contributed by atoms with Crippen LogP contribution in [-0.2, 0) is 10.3 Å². The number of nitrogens with zero attached hydrogens (tertiary/aromatic N) is 1. The summed E-state index contributed by atoms with van der Waals surface area (Å²) < 4.78 is 0. The number of carbonyl (C=O) groups is 1. The third-order valence-electron chi connectivity index (χ3n) is 4.58. The van der Waals surface area contributed by atoms with Crippen molar-refractivity contribution in [3.05, 3.63) is 35.4 Å². The first-order valence-electron chi connectivity index (χ1n) is 7.62. The van der Waals surface area contributed by atoms with Gasteiger partial charge in [-0.2, -0.15) is 0 Å². The molecule has 3 nitrogen and oxygen atoms in total. The van der Waals surface area contributed by atoms with Crippen LogP contribution in [0.15, 0.2) is 24.3 Å². The largest absolute Gasteiger partial charge is 0.481 e. The van der Waals surface area contributed by atoms with Crippen molar-refractivity contribution in [1.29, 1.82) is 0 Å². The third kappa shape index (κ3) is 3.04. The van der Waals surface area contributed by atoms with Gasteiger partial charge in [-0.05, 0) is 44.8 Å². The summed E-state index contributed by atoms with van der Waals surface area (Å²) in [4.78, 5) is 13.8. The van der Waals surface area contributed by atoms with Crippen LogP contribution in [0.4, 0.5) is 0 Å². The molecule has 1 aromatic carbocycles. The fraction of sp³-hybridized carbons (Fsp3) is 0.588. The Labute approximate surface area is 121 Å². The number of carboxylic acid groups (broad SMARTS) is 1. The first kappa shape index (κ1) is 15.0. The normalized spacial score (nSPS) is 19.5. The van der Waals surface area contributed by atoms with E-state index in [0.717, 1.165) is 25.1 Å². The van der Waals surface area contributed by atoms with Crippen molar-refractivity contribution in [2.45, 2.75) is 51.5 Å². The molecule has 0 aromatic heterocycles. The third-order valence-corrected chi connectivity index (χ3v) is 4.58. The van der Waals surface area contributed by atoms with Gasteiger partial charge in [0.2, 0.25) is 0 Å². The average Bonchev–Trinajstić information content (AvgIpc) is 2.46. The highest BCUT2D eigenvalue weighted by molar-refractivity contribution is 5.69. The molecule has 110 valence electrons. The topological polar surface area (TPSA) is 40.5 Å². The number of aryl methyl sites for hydroxylation is 1. The Kier molecular flexibility index (Phi) is 4.81. The van der Waals surface area contributed by atoms with Gasteiger partial charge in [0, 0.05) is 0 Å². The minimum Gasteiger partial charge on any atom is -0.481 e. The van der Waals surface area contributed by atoms with E-state index in [-0.39, 0.29) is 12.0 Å². The molecule has 1 aliphatic heterocycles. The molecule has 1 saturated heterocycles. The first-order valence-corrected chi connectivity index (χ1v) is 7.62. The van der Waals surface area contributed by atoms with E-state index in [1.165, 1.54) is 24.8 Å². The molecule has 0 saturated carbocycles. The van der Waals surface area contributed by atoms with E-state index in [1.807, 2.05) is 0 Å². The number of piperidine rings is 1. The van der Waals surface area contributed by atoms with Crippen LogP contribution < -0.4 is 0 Å². The summed E-state index contributed by atoms with van der Waals surface area (Å²) in [5.74, 6) is -0.710. The maximum absolute atomic E-state index is 11.4. The van der Waals surface area contributed by atoms with Crippen LogP contribution >= 0.6 is 0 Å². The molecule has 1 aliphatic rings. The molecular weight excluding hydrogens is 250 g/mol. The molecule has 1 unspecified atom stereocenters. The molecule has 0 bridgehead atoms. The van der Waals surface area contributed by atoms with Gasteiger partial charge in [0.25, 0.3) is 0 Å². The van der Waals surface area contributed by atoms with Crippen LogP contribution in [0.5, 0.6) is 0 Å². The van der Waals surface area contributed by atoms with Crippen molar-refractivity contribution in [3.63, 3.8) is 0 Å². The molecule has 2 rings (SSSR count). The number of hydrogen-bond donors (Lipinski definition) is 1. The minimum atomic E-state index is -0.710. The van der Waals surface area contributed by atoms with Crippen molar-refractivity contribution in [2.75, 3.05) is 13.1 Å². The molecule has 0 spiro atoms. The Morgan fingerprint density at radius 3 is 2.30 bits per heavy atom. The molecule has 1 aromatic rings. The van der Waals surface area contributed by atoms with E-state index in [1.54, 1.807) is 0 Å². The van der Waals surface area contributed by atoms with Gasteiger partial charge in [-0.3, -0.25) is 9.69 Å². The molecule has 1 fully saturated rings. The highest BCUT2D eigenvalue weighted by Crippen LogP contribution is 2.37. The highest BCUT2D eigenvalue weighted by atomic mass is 16.4. The fourth-order valence-corrected chi connectivity index (χ4v) is 3.39. The van der Waals surface area contributed by atoms with E-state index >= 15 is 0 Å². The lowest BCUT2D eigenvalue weighted by Crippen LogP contribution is -2.49. The number of aliphatic carboxylic acids is 1. The van der Waals surface area contributed by atoms with Gasteiger partial charge in [-0.25, -0.2) is 0 Å². The summed E-state index contributed by atoms with van der Waals surface area (Å²) >= 11 is 0. The molecule has 1 N–H and O–H groups in total. The first-order chi connectivity index (χ1) is 9.58. The van der Waals surface area contributed by atoms with Crippen LogP contribution in [0.1, 0.15) is 50.2 Å². The standard InChI is InChI=1S/C17H25NO2/c1-3-17(13-16(19)20,18-11-5-4-6-12-18)15-9-7-14(2)8-10-15/h7-10H,3-6,11-13H2,1-2H3,(H,19,20). The lowest BCUT2D eigenvalue weighted by Gasteiger charge is -2.45. The predicted octanol–water partition coefficient (Wildman–Crippen LogP) is 3.56. The Morgan fingerprint density at radius 2 is 1.80 bits per heavy atom. The second-order valence-electron chi connectivity index (χ2n) is 5.87. The zero-order valence-corrected chi connectivity index (χ0v) is 12.6. The van der Waals surface area contributed by atoms with Gasteiger partial charge in [0.15, 0.2) is 0 Å². The second kappa shape index (κ2) is 6.40. The monoisotopic (exact) mass is 275 g/mol.